The lowest BCUT2D eigenvalue weighted by Gasteiger charge is -2.11. The summed E-state index contributed by atoms with van der Waals surface area (Å²) in [6.45, 7) is 4.20. The molecule has 2 rings (SSSR count). The highest BCUT2D eigenvalue weighted by atomic mass is 32.2. The van der Waals surface area contributed by atoms with Crippen LogP contribution in [0.4, 0.5) is 0 Å². The second-order valence-corrected chi connectivity index (χ2v) is 4.21. The first kappa shape index (κ1) is 9.98. The molecule has 0 amide bonds. The lowest BCUT2D eigenvalue weighted by Crippen LogP contribution is -2.18. The van der Waals surface area contributed by atoms with Crippen LogP contribution in [-0.4, -0.2) is 27.6 Å². The zero-order valence-electron chi connectivity index (χ0n) is 8.66. The van der Waals surface area contributed by atoms with Crippen LogP contribution in [0, 0.1) is 0 Å². The molecule has 1 aliphatic heterocycles. The van der Waals surface area contributed by atoms with E-state index in [0.717, 1.165) is 24.1 Å². The van der Waals surface area contributed by atoms with Gasteiger partial charge in [-0.15, -0.1) is 10.2 Å². The predicted octanol–water partition coefficient (Wildman–Crippen LogP) is 1.44. The third kappa shape index (κ3) is 1.66. The maximum absolute atomic E-state index is 4.27. The number of nitrogens with zero attached hydrogens (tertiary/aromatic N) is 3. The molecular weight excluding hydrogens is 196 g/mol. The molecule has 1 atom stereocenters. The van der Waals surface area contributed by atoms with Crippen molar-refractivity contribution >= 4 is 11.8 Å². The molecule has 78 valence electrons. The molecule has 0 radical (unpaired) electrons. The van der Waals surface area contributed by atoms with E-state index >= 15 is 0 Å². The van der Waals surface area contributed by atoms with E-state index < -0.39 is 0 Å². The largest absolute Gasteiger partial charge is 0.307 e. The van der Waals surface area contributed by atoms with Crippen LogP contribution in [0.15, 0.2) is 5.16 Å². The standard InChI is InChI=1S/C9H16N4S/c1-3-13-8(7-5-4-6-10-7)11-12-9(13)14-2/h7,10H,3-6H2,1-2H3/t7-/m0/s1. The summed E-state index contributed by atoms with van der Waals surface area (Å²) in [6.07, 6.45) is 4.48. The summed E-state index contributed by atoms with van der Waals surface area (Å²) in [5.74, 6) is 1.11. The summed E-state index contributed by atoms with van der Waals surface area (Å²) >= 11 is 1.66. The molecular formula is C9H16N4S. The van der Waals surface area contributed by atoms with Gasteiger partial charge in [0.25, 0.3) is 0 Å². The third-order valence-electron chi connectivity index (χ3n) is 2.62. The van der Waals surface area contributed by atoms with Crippen LogP contribution in [0.3, 0.4) is 0 Å². The number of thioether (sulfide) groups is 1. The van der Waals surface area contributed by atoms with Crippen molar-refractivity contribution in [3.05, 3.63) is 5.82 Å². The highest BCUT2D eigenvalue weighted by molar-refractivity contribution is 7.98. The van der Waals surface area contributed by atoms with Crippen molar-refractivity contribution in [2.75, 3.05) is 12.8 Å². The summed E-state index contributed by atoms with van der Waals surface area (Å²) in [4.78, 5) is 0. The minimum atomic E-state index is 0.420. The quantitative estimate of drug-likeness (QED) is 0.770. The zero-order chi connectivity index (χ0) is 9.97. The van der Waals surface area contributed by atoms with Crippen LogP contribution < -0.4 is 5.32 Å². The number of hydrogen-bond acceptors (Lipinski definition) is 4. The fourth-order valence-corrected chi connectivity index (χ4v) is 2.48. The van der Waals surface area contributed by atoms with Crippen molar-refractivity contribution in [1.82, 2.24) is 20.1 Å². The van der Waals surface area contributed by atoms with Crippen molar-refractivity contribution < 1.29 is 0 Å². The molecule has 0 aliphatic carbocycles. The maximum Gasteiger partial charge on any atom is 0.190 e. The first-order chi connectivity index (χ1) is 6.86. The molecule has 14 heavy (non-hydrogen) atoms. The Kier molecular flexibility index (Phi) is 3.08. The molecule has 1 aliphatic rings. The lowest BCUT2D eigenvalue weighted by molar-refractivity contribution is 0.542. The van der Waals surface area contributed by atoms with Gasteiger partial charge in [0, 0.05) is 6.54 Å². The van der Waals surface area contributed by atoms with Crippen LogP contribution in [0.2, 0.25) is 0 Å². The van der Waals surface area contributed by atoms with E-state index in [9.17, 15) is 0 Å². The molecule has 5 heteroatoms. The molecule has 0 spiro atoms. The topological polar surface area (TPSA) is 42.7 Å². The van der Waals surface area contributed by atoms with E-state index in [2.05, 4.69) is 27.0 Å². The number of rotatable bonds is 3. The van der Waals surface area contributed by atoms with Crippen molar-refractivity contribution in [3.8, 4) is 0 Å². The van der Waals surface area contributed by atoms with Gasteiger partial charge in [0.1, 0.15) is 0 Å². The van der Waals surface area contributed by atoms with Crippen molar-refractivity contribution in [2.45, 2.75) is 37.5 Å². The van der Waals surface area contributed by atoms with E-state index in [0.29, 0.717) is 6.04 Å². The molecule has 1 saturated heterocycles. The summed E-state index contributed by atoms with van der Waals surface area (Å²) < 4.78 is 2.20. The van der Waals surface area contributed by atoms with Crippen molar-refractivity contribution in [2.24, 2.45) is 0 Å². The van der Waals surface area contributed by atoms with Gasteiger partial charge in [-0.05, 0) is 32.6 Å². The zero-order valence-corrected chi connectivity index (χ0v) is 9.47. The molecule has 0 aromatic carbocycles. The van der Waals surface area contributed by atoms with E-state index in [1.54, 1.807) is 11.8 Å². The third-order valence-corrected chi connectivity index (χ3v) is 3.28. The van der Waals surface area contributed by atoms with Crippen LogP contribution in [-0.2, 0) is 6.54 Å². The molecule has 0 saturated carbocycles. The Bertz CT molecular complexity index is 304. The van der Waals surface area contributed by atoms with Gasteiger partial charge in [0.15, 0.2) is 11.0 Å². The van der Waals surface area contributed by atoms with Crippen LogP contribution in [0.5, 0.6) is 0 Å². The Morgan fingerprint density at radius 2 is 2.43 bits per heavy atom. The van der Waals surface area contributed by atoms with Crippen molar-refractivity contribution in [3.63, 3.8) is 0 Å². The summed E-state index contributed by atoms with van der Waals surface area (Å²) in [5, 5.41) is 12.9. The first-order valence-electron chi connectivity index (χ1n) is 5.07. The molecule has 2 heterocycles. The summed E-state index contributed by atoms with van der Waals surface area (Å²) in [5.41, 5.74) is 0. The van der Waals surface area contributed by atoms with E-state index in [1.807, 2.05) is 6.26 Å². The van der Waals surface area contributed by atoms with Gasteiger partial charge in [-0.25, -0.2) is 0 Å². The highest BCUT2D eigenvalue weighted by Crippen LogP contribution is 2.24. The molecule has 1 aromatic rings. The lowest BCUT2D eigenvalue weighted by atomic mass is 10.2. The predicted molar refractivity (Wildman–Crippen MR) is 57.5 cm³/mol. The molecule has 1 N–H and O–H groups in total. The van der Waals surface area contributed by atoms with Crippen molar-refractivity contribution in [1.29, 1.82) is 0 Å². The maximum atomic E-state index is 4.27. The Morgan fingerprint density at radius 1 is 1.57 bits per heavy atom. The fraction of sp³-hybridized carbons (Fsp3) is 0.778. The second kappa shape index (κ2) is 4.31. The smallest absolute Gasteiger partial charge is 0.190 e. The van der Waals surface area contributed by atoms with Gasteiger partial charge in [0.2, 0.25) is 0 Å². The molecule has 4 nitrogen and oxygen atoms in total. The van der Waals surface area contributed by atoms with E-state index in [4.69, 9.17) is 0 Å². The SMILES string of the molecule is CCn1c(SC)nnc1[C@@H]1CCCN1. The van der Waals surface area contributed by atoms with Gasteiger partial charge in [0.05, 0.1) is 6.04 Å². The Hall–Kier alpha value is -0.550. The number of hydrogen-bond donors (Lipinski definition) is 1. The number of nitrogens with one attached hydrogen (secondary N) is 1. The normalized spacial score (nSPS) is 21.7. The Morgan fingerprint density at radius 3 is 3.00 bits per heavy atom. The fourth-order valence-electron chi connectivity index (χ4n) is 1.91. The minimum Gasteiger partial charge on any atom is -0.307 e. The summed E-state index contributed by atoms with van der Waals surface area (Å²) in [6, 6.07) is 0.420. The van der Waals surface area contributed by atoms with Gasteiger partial charge in [-0.1, -0.05) is 11.8 Å². The minimum absolute atomic E-state index is 0.420. The van der Waals surface area contributed by atoms with Crippen LogP contribution in [0.1, 0.15) is 31.6 Å². The summed E-state index contributed by atoms with van der Waals surface area (Å²) in [7, 11) is 0. The Balaban J connectivity index is 2.27. The average molecular weight is 212 g/mol. The number of aromatic nitrogens is 3. The van der Waals surface area contributed by atoms with Gasteiger partial charge in [-0.2, -0.15) is 0 Å². The first-order valence-corrected chi connectivity index (χ1v) is 6.29. The molecule has 0 bridgehead atoms. The molecule has 1 aromatic heterocycles. The van der Waals surface area contributed by atoms with Gasteiger partial charge < -0.3 is 9.88 Å². The highest BCUT2D eigenvalue weighted by Gasteiger charge is 2.22. The van der Waals surface area contributed by atoms with Gasteiger partial charge >= 0.3 is 0 Å². The molecule has 0 unspecified atom stereocenters. The Labute approximate surface area is 88.5 Å². The monoisotopic (exact) mass is 212 g/mol. The second-order valence-electron chi connectivity index (χ2n) is 3.44. The van der Waals surface area contributed by atoms with Crippen LogP contribution >= 0.6 is 11.8 Å². The average Bonchev–Trinajstić information content (AvgIpc) is 2.85. The molecule has 1 fully saturated rings. The van der Waals surface area contributed by atoms with Crippen LogP contribution in [0.25, 0.3) is 0 Å². The van der Waals surface area contributed by atoms with E-state index in [1.165, 1.54) is 12.8 Å². The van der Waals surface area contributed by atoms with E-state index in [-0.39, 0.29) is 0 Å². The van der Waals surface area contributed by atoms with Gasteiger partial charge in [-0.3, -0.25) is 0 Å².